The summed E-state index contributed by atoms with van der Waals surface area (Å²) >= 11 is 0. The van der Waals surface area contributed by atoms with Gasteiger partial charge in [-0.15, -0.1) is 0 Å². The lowest BCUT2D eigenvalue weighted by Gasteiger charge is -2.13. The van der Waals surface area contributed by atoms with Crippen molar-refractivity contribution in [3.63, 3.8) is 0 Å². The second-order valence-corrected chi connectivity index (χ2v) is 6.28. The first-order chi connectivity index (χ1) is 12.5. The van der Waals surface area contributed by atoms with E-state index < -0.39 is 5.97 Å². The molecule has 138 valence electrons. The molecule has 26 heavy (non-hydrogen) atoms. The zero-order valence-corrected chi connectivity index (χ0v) is 15.2. The van der Waals surface area contributed by atoms with Crippen LogP contribution < -0.4 is 10.1 Å². The maximum Gasteiger partial charge on any atom is 0.335 e. The predicted molar refractivity (Wildman–Crippen MR) is 101 cm³/mol. The van der Waals surface area contributed by atoms with E-state index in [0.717, 1.165) is 12.2 Å². The number of carbonyl (C=O) groups is 2. The number of nitrogens with one attached hydrogen (secondary N) is 1. The van der Waals surface area contributed by atoms with Gasteiger partial charge in [0.15, 0.2) is 0 Å². The van der Waals surface area contributed by atoms with Crippen LogP contribution in [0, 0.1) is 0 Å². The molecule has 0 aromatic heterocycles. The molecule has 1 amide bonds. The minimum atomic E-state index is -0.964. The van der Waals surface area contributed by atoms with Crippen molar-refractivity contribution in [3.05, 3.63) is 65.2 Å². The Labute approximate surface area is 154 Å². The second kappa shape index (κ2) is 9.61. The van der Waals surface area contributed by atoms with Crippen molar-refractivity contribution in [2.45, 2.75) is 32.1 Å². The summed E-state index contributed by atoms with van der Waals surface area (Å²) in [6.07, 6.45) is 1.54. The van der Waals surface area contributed by atoms with Gasteiger partial charge >= 0.3 is 5.97 Å². The van der Waals surface area contributed by atoms with Crippen molar-refractivity contribution in [1.29, 1.82) is 0 Å². The van der Waals surface area contributed by atoms with Crippen LogP contribution in [0.5, 0.6) is 5.75 Å². The maximum absolute atomic E-state index is 12.0. The number of ether oxygens (including phenoxy) is 1. The van der Waals surface area contributed by atoms with Gasteiger partial charge in [-0.25, -0.2) is 4.79 Å². The van der Waals surface area contributed by atoms with Crippen LogP contribution in [-0.2, 0) is 11.2 Å². The highest BCUT2D eigenvalue weighted by atomic mass is 16.5. The summed E-state index contributed by atoms with van der Waals surface area (Å²) in [5, 5.41) is 12.1. The van der Waals surface area contributed by atoms with Crippen molar-refractivity contribution in [3.8, 4) is 5.75 Å². The fraction of sp³-hybridized carbons (Fsp3) is 0.333. The molecule has 0 heterocycles. The average molecular weight is 355 g/mol. The lowest BCUT2D eigenvalue weighted by atomic mass is 9.97. The van der Waals surface area contributed by atoms with Gasteiger partial charge in [-0.3, -0.25) is 4.79 Å². The van der Waals surface area contributed by atoms with E-state index in [9.17, 15) is 9.59 Å². The summed E-state index contributed by atoms with van der Waals surface area (Å²) in [5.74, 6) is 0.131. The number of aromatic carboxylic acids is 1. The van der Waals surface area contributed by atoms with Crippen LogP contribution in [0.1, 0.15) is 47.2 Å². The van der Waals surface area contributed by atoms with Crippen LogP contribution in [-0.4, -0.2) is 30.6 Å². The number of aryl methyl sites for hydroxylation is 1. The summed E-state index contributed by atoms with van der Waals surface area (Å²) < 4.78 is 5.15. The Morgan fingerprint density at radius 3 is 2.46 bits per heavy atom. The van der Waals surface area contributed by atoms with Gasteiger partial charge in [0, 0.05) is 13.0 Å². The van der Waals surface area contributed by atoms with Crippen molar-refractivity contribution in [2.75, 3.05) is 13.7 Å². The van der Waals surface area contributed by atoms with Crippen LogP contribution in [0.25, 0.3) is 0 Å². The van der Waals surface area contributed by atoms with Crippen molar-refractivity contribution < 1.29 is 19.4 Å². The van der Waals surface area contributed by atoms with E-state index in [2.05, 4.69) is 12.2 Å². The van der Waals surface area contributed by atoms with Gasteiger partial charge in [0.05, 0.1) is 12.7 Å². The SMILES string of the molecule is COc1ccc(C(C)CCNC(=O)CCc2ccccc2C(=O)O)cc1. The maximum atomic E-state index is 12.0. The highest BCUT2D eigenvalue weighted by molar-refractivity contribution is 5.89. The molecule has 2 aromatic carbocycles. The number of carbonyl (C=O) groups excluding carboxylic acids is 1. The lowest BCUT2D eigenvalue weighted by Crippen LogP contribution is -2.25. The number of carboxylic acid groups (broad SMARTS) is 1. The number of amides is 1. The van der Waals surface area contributed by atoms with E-state index in [4.69, 9.17) is 9.84 Å². The van der Waals surface area contributed by atoms with Gasteiger partial charge in [0.2, 0.25) is 5.91 Å². The van der Waals surface area contributed by atoms with Crippen LogP contribution in [0.2, 0.25) is 0 Å². The van der Waals surface area contributed by atoms with E-state index in [0.29, 0.717) is 24.4 Å². The fourth-order valence-corrected chi connectivity index (χ4v) is 2.81. The predicted octanol–water partition coefficient (Wildman–Crippen LogP) is 3.64. The highest BCUT2D eigenvalue weighted by Crippen LogP contribution is 2.21. The molecule has 2 N–H and O–H groups in total. The molecule has 0 bridgehead atoms. The minimum absolute atomic E-state index is 0.0628. The Balaban J connectivity index is 1.76. The molecule has 5 nitrogen and oxygen atoms in total. The number of rotatable bonds is 9. The van der Waals surface area contributed by atoms with Crippen molar-refractivity contribution in [2.24, 2.45) is 0 Å². The third kappa shape index (κ3) is 5.62. The third-order valence-corrected chi connectivity index (χ3v) is 4.45. The summed E-state index contributed by atoms with van der Waals surface area (Å²) in [7, 11) is 1.64. The van der Waals surface area contributed by atoms with Gasteiger partial charge in [0.1, 0.15) is 5.75 Å². The lowest BCUT2D eigenvalue weighted by molar-refractivity contribution is -0.121. The highest BCUT2D eigenvalue weighted by Gasteiger charge is 2.11. The van der Waals surface area contributed by atoms with Crippen LogP contribution >= 0.6 is 0 Å². The molecular formula is C21H25NO4. The Hall–Kier alpha value is -2.82. The number of benzene rings is 2. The minimum Gasteiger partial charge on any atom is -0.497 e. The molecule has 0 fully saturated rings. The molecule has 0 aliphatic heterocycles. The molecule has 0 saturated carbocycles. The monoisotopic (exact) mass is 355 g/mol. The molecular weight excluding hydrogens is 330 g/mol. The van der Waals surface area contributed by atoms with Gasteiger partial charge in [-0.2, -0.15) is 0 Å². The topological polar surface area (TPSA) is 75.6 Å². The number of hydrogen-bond acceptors (Lipinski definition) is 3. The molecule has 2 aromatic rings. The summed E-state index contributed by atoms with van der Waals surface area (Å²) in [5.41, 5.74) is 2.14. The Morgan fingerprint density at radius 1 is 1.12 bits per heavy atom. The number of hydrogen-bond donors (Lipinski definition) is 2. The zero-order valence-electron chi connectivity index (χ0n) is 15.2. The molecule has 1 atom stereocenters. The van der Waals surface area contributed by atoms with Gasteiger partial charge < -0.3 is 15.2 Å². The molecule has 5 heteroatoms. The molecule has 0 aliphatic carbocycles. The Bertz CT molecular complexity index is 740. The number of carboxylic acids is 1. The first-order valence-electron chi connectivity index (χ1n) is 8.73. The summed E-state index contributed by atoms with van der Waals surface area (Å²) in [6, 6.07) is 14.7. The molecule has 1 unspecified atom stereocenters. The molecule has 0 aliphatic rings. The van der Waals surface area contributed by atoms with Gasteiger partial charge in [0.25, 0.3) is 0 Å². The van der Waals surface area contributed by atoms with E-state index in [-0.39, 0.29) is 17.9 Å². The van der Waals surface area contributed by atoms with E-state index in [1.165, 1.54) is 5.56 Å². The smallest absolute Gasteiger partial charge is 0.335 e. The van der Waals surface area contributed by atoms with E-state index in [1.54, 1.807) is 31.4 Å². The van der Waals surface area contributed by atoms with Gasteiger partial charge in [-0.05, 0) is 48.1 Å². The van der Waals surface area contributed by atoms with Crippen molar-refractivity contribution in [1.82, 2.24) is 5.32 Å². The van der Waals surface area contributed by atoms with E-state index >= 15 is 0 Å². The quantitative estimate of drug-likeness (QED) is 0.720. The van der Waals surface area contributed by atoms with E-state index in [1.807, 2.05) is 24.3 Å². The van der Waals surface area contributed by atoms with Crippen LogP contribution in [0.3, 0.4) is 0 Å². The summed E-state index contributed by atoms with van der Waals surface area (Å²) in [4.78, 5) is 23.2. The molecule has 0 spiro atoms. The zero-order chi connectivity index (χ0) is 18.9. The largest absolute Gasteiger partial charge is 0.497 e. The fourth-order valence-electron chi connectivity index (χ4n) is 2.81. The number of methoxy groups -OCH3 is 1. The first kappa shape index (κ1) is 19.5. The normalized spacial score (nSPS) is 11.6. The average Bonchev–Trinajstić information content (AvgIpc) is 2.66. The molecule has 2 rings (SSSR count). The summed E-state index contributed by atoms with van der Waals surface area (Å²) in [6.45, 7) is 2.71. The molecule has 0 radical (unpaired) electrons. The van der Waals surface area contributed by atoms with Crippen LogP contribution in [0.15, 0.2) is 48.5 Å². The Morgan fingerprint density at radius 2 is 1.81 bits per heavy atom. The first-order valence-corrected chi connectivity index (χ1v) is 8.73. The molecule has 0 saturated heterocycles. The van der Waals surface area contributed by atoms with Crippen LogP contribution in [0.4, 0.5) is 0 Å². The van der Waals surface area contributed by atoms with Gasteiger partial charge in [-0.1, -0.05) is 37.3 Å². The Kier molecular flexibility index (Phi) is 7.21. The second-order valence-electron chi connectivity index (χ2n) is 6.28. The van der Waals surface area contributed by atoms with Crippen molar-refractivity contribution >= 4 is 11.9 Å². The third-order valence-electron chi connectivity index (χ3n) is 4.45. The standard InChI is InChI=1S/C21H25NO4/c1-15(16-7-10-18(26-2)11-8-16)13-14-22-20(23)12-9-17-5-3-4-6-19(17)21(24)25/h3-8,10-11,15H,9,12-14H2,1-2H3,(H,22,23)(H,24,25).